The molecule has 0 N–H and O–H groups in total. The minimum absolute atomic E-state index is 0.560. The molecule has 0 aliphatic rings. The smallest absolute Gasteiger partial charge is 0.111 e. The molecule has 214 valence electrons. The van der Waals surface area contributed by atoms with Gasteiger partial charge in [0.1, 0.15) is 19.0 Å². The minimum Gasteiger partial charge on any atom is -0.134 e. The molecule has 0 aliphatic carbocycles. The molecule has 0 saturated carbocycles. The fourth-order valence-corrected chi connectivity index (χ4v) is 9.78. The van der Waals surface area contributed by atoms with Crippen molar-refractivity contribution in [3.05, 3.63) is 83.9 Å². The summed E-state index contributed by atoms with van der Waals surface area (Å²) < 4.78 is 0. The van der Waals surface area contributed by atoms with Crippen LogP contribution in [0.3, 0.4) is 0 Å². The Balaban J connectivity index is 1.83. The van der Waals surface area contributed by atoms with Crippen LogP contribution in [0.4, 0.5) is 0 Å². The maximum absolute atomic E-state index is 3.81. The molecule has 0 heterocycles. The Hall–Kier alpha value is -3.31. The number of rotatable bonds is 6. The third kappa shape index (κ3) is 6.22. The van der Waals surface area contributed by atoms with E-state index in [2.05, 4.69) is 151 Å². The van der Waals surface area contributed by atoms with Crippen LogP contribution in [0.1, 0.15) is 66.5 Å². The lowest BCUT2D eigenvalue weighted by Gasteiger charge is -2.22. The van der Waals surface area contributed by atoms with Crippen molar-refractivity contribution in [1.29, 1.82) is 0 Å². The predicted octanol–water partition coefficient (Wildman–Crippen LogP) is 9.46. The SMILES string of the molecule is CC(C)C([SiH2]C#Cc1c2cc3ccccc3cc2c(C#C[SiH2]C(C(C)C)C(C)C)c2cc3ccccc3cc12)C(C)C. The summed E-state index contributed by atoms with van der Waals surface area (Å²) in [7, 11) is -1.12. The molecule has 42 heavy (non-hydrogen) atoms. The average molecular weight is 583 g/mol. The van der Waals surface area contributed by atoms with Crippen molar-refractivity contribution in [1.82, 2.24) is 0 Å². The summed E-state index contributed by atoms with van der Waals surface area (Å²) in [6, 6.07) is 27.0. The van der Waals surface area contributed by atoms with Crippen molar-refractivity contribution in [2.24, 2.45) is 23.7 Å². The quantitative estimate of drug-likeness (QED) is 0.106. The summed E-state index contributed by atoms with van der Waals surface area (Å²) in [4.78, 5) is 0. The van der Waals surface area contributed by atoms with Gasteiger partial charge >= 0.3 is 0 Å². The van der Waals surface area contributed by atoms with Crippen molar-refractivity contribution >= 4 is 62.1 Å². The van der Waals surface area contributed by atoms with E-state index in [0.717, 1.165) is 11.1 Å². The third-order valence-corrected chi connectivity index (χ3v) is 14.9. The molecule has 0 nitrogen and oxygen atoms in total. The zero-order valence-corrected chi connectivity index (χ0v) is 29.6. The summed E-state index contributed by atoms with van der Waals surface area (Å²) in [5.74, 6) is 10.3. The fraction of sp³-hybridized carbons (Fsp3) is 0.350. The van der Waals surface area contributed by atoms with E-state index in [0.29, 0.717) is 23.7 Å². The highest BCUT2D eigenvalue weighted by Crippen LogP contribution is 2.37. The highest BCUT2D eigenvalue weighted by molar-refractivity contribution is 6.48. The second kappa shape index (κ2) is 12.9. The normalized spacial score (nSPS) is 12.5. The van der Waals surface area contributed by atoms with Gasteiger partial charge in [0.25, 0.3) is 0 Å². The van der Waals surface area contributed by atoms with Crippen molar-refractivity contribution in [3.8, 4) is 22.9 Å². The van der Waals surface area contributed by atoms with Gasteiger partial charge in [0, 0.05) is 11.1 Å². The maximum atomic E-state index is 3.81. The van der Waals surface area contributed by atoms with E-state index in [9.17, 15) is 0 Å². The molecule has 0 aliphatic heterocycles. The molecule has 0 radical (unpaired) electrons. The van der Waals surface area contributed by atoms with Crippen LogP contribution in [-0.4, -0.2) is 19.0 Å². The third-order valence-electron chi connectivity index (χ3n) is 9.38. The molecule has 0 aromatic heterocycles. The monoisotopic (exact) mass is 582 g/mol. The van der Waals surface area contributed by atoms with Crippen molar-refractivity contribution in [2.45, 2.75) is 66.5 Å². The van der Waals surface area contributed by atoms with Gasteiger partial charge in [-0.25, -0.2) is 0 Å². The van der Waals surface area contributed by atoms with E-state index >= 15 is 0 Å². The van der Waals surface area contributed by atoms with E-state index in [1.54, 1.807) is 0 Å². The summed E-state index contributed by atoms with van der Waals surface area (Å²) >= 11 is 0. The van der Waals surface area contributed by atoms with Gasteiger partial charge in [-0.15, -0.1) is 11.1 Å². The lowest BCUT2D eigenvalue weighted by atomic mass is 9.89. The molecule has 5 rings (SSSR count). The molecule has 0 bridgehead atoms. The lowest BCUT2D eigenvalue weighted by Crippen LogP contribution is -2.15. The van der Waals surface area contributed by atoms with Gasteiger partial charge in [0.2, 0.25) is 0 Å². The Morgan fingerprint density at radius 2 is 0.690 bits per heavy atom. The van der Waals surface area contributed by atoms with Crippen molar-refractivity contribution in [2.75, 3.05) is 0 Å². The van der Waals surface area contributed by atoms with Gasteiger partial charge < -0.3 is 0 Å². The van der Waals surface area contributed by atoms with Crippen molar-refractivity contribution in [3.63, 3.8) is 0 Å². The van der Waals surface area contributed by atoms with Crippen molar-refractivity contribution < 1.29 is 0 Å². The Bertz CT molecular complexity index is 1620. The molecule has 0 saturated heterocycles. The van der Waals surface area contributed by atoms with Gasteiger partial charge in [-0.05, 0) is 102 Å². The molecule has 5 aromatic rings. The molecule has 0 amide bonds. The standard InChI is InChI=1S/C40H46Si2/c1-25(2)39(26(3)4)41-19-17-33-35-21-29-13-9-11-15-31(29)23-37(35)34(18-20-42-40(27(5)6)28(7)8)38-24-32-16-12-10-14-30(32)22-36(33)38/h9-16,21-28,39-40H,41-42H2,1-8H3. The first-order valence-corrected chi connectivity index (χ1v) is 19.0. The van der Waals surface area contributed by atoms with Gasteiger partial charge in [0.15, 0.2) is 0 Å². The topological polar surface area (TPSA) is 0 Å². The predicted molar refractivity (Wildman–Crippen MR) is 194 cm³/mol. The van der Waals surface area contributed by atoms with E-state index in [1.165, 1.54) is 54.2 Å². The van der Waals surface area contributed by atoms with Crippen LogP contribution >= 0.6 is 0 Å². The molecule has 5 aromatic carbocycles. The highest BCUT2D eigenvalue weighted by atomic mass is 28.2. The second-order valence-electron chi connectivity index (χ2n) is 13.6. The van der Waals surface area contributed by atoms with Gasteiger partial charge in [0.05, 0.1) is 0 Å². The lowest BCUT2D eigenvalue weighted by molar-refractivity contribution is 0.466. The summed E-state index contributed by atoms with van der Waals surface area (Å²) in [5.41, 5.74) is 11.4. The first-order valence-electron chi connectivity index (χ1n) is 15.9. The first-order chi connectivity index (χ1) is 20.2. The molecular formula is C40H46Si2. The zero-order chi connectivity index (χ0) is 30.0. The molecule has 0 fully saturated rings. The van der Waals surface area contributed by atoms with Crippen LogP contribution in [0, 0.1) is 46.6 Å². The molecule has 2 heteroatoms. The van der Waals surface area contributed by atoms with E-state index in [4.69, 9.17) is 0 Å². The van der Waals surface area contributed by atoms with Gasteiger partial charge in [-0.3, -0.25) is 0 Å². The van der Waals surface area contributed by atoms with E-state index in [1.807, 2.05) is 0 Å². The number of hydrogen-bond acceptors (Lipinski definition) is 0. The van der Waals surface area contributed by atoms with Gasteiger partial charge in [-0.1, -0.05) is 116 Å². The minimum atomic E-state index is -0.560. The Labute approximate surface area is 258 Å². The van der Waals surface area contributed by atoms with Crippen LogP contribution in [0.2, 0.25) is 11.1 Å². The number of hydrogen-bond donors (Lipinski definition) is 0. The number of fused-ring (bicyclic) bond motifs is 4. The van der Waals surface area contributed by atoms with Gasteiger partial charge in [-0.2, -0.15) is 0 Å². The van der Waals surface area contributed by atoms with Crippen LogP contribution < -0.4 is 0 Å². The Morgan fingerprint density at radius 1 is 0.429 bits per heavy atom. The maximum Gasteiger partial charge on any atom is 0.111 e. The molecule has 0 spiro atoms. The molecule has 0 atom stereocenters. The summed E-state index contributed by atoms with van der Waals surface area (Å²) in [5, 5.41) is 10.1. The van der Waals surface area contributed by atoms with Crippen LogP contribution in [0.15, 0.2) is 72.8 Å². The summed E-state index contributed by atoms with van der Waals surface area (Å²) in [6.45, 7) is 18.9. The van der Waals surface area contributed by atoms with E-state index in [-0.39, 0.29) is 0 Å². The fourth-order valence-electron chi connectivity index (χ4n) is 6.86. The second-order valence-corrected chi connectivity index (χ2v) is 17.0. The summed E-state index contributed by atoms with van der Waals surface area (Å²) in [6.07, 6.45) is 0. The first kappa shape index (κ1) is 30.2. The van der Waals surface area contributed by atoms with Crippen LogP contribution in [0.25, 0.3) is 43.1 Å². The van der Waals surface area contributed by atoms with Crippen LogP contribution in [-0.2, 0) is 0 Å². The highest BCUT2D eigenvalue weighted by Gasteiger charge is 2.19. The Morgan fingerprint density at radius 3 is 0.929 bits per heavy atom. The average Bonchev–Trinajstić information content (AvgIpc) is 2.95. The Kier molecular flexibility index (Phi) is 9.27. The van der Waals surface area contributed by atoms with E-state index < -0.39 is 19.0 Å². The molecule has 0 unspecified atom stereocenters. The number of benzene rings is 5. The molecular weight excluding hydrogens is 537 g/mol. The largest absolute Gasteiger partial charge is 0.134 e. The zero-order valence-electron chi connectivity index (χ0n) is 26.8. The van der Waals surface area contributed by atoms with Crippen LogP contribution in [0.5, 0.6) is 0 Å².